The van der Waals surface area contributed by atoms with Crippen LogP contribution in [0.3, 0.4) is 0 Å². The van der Waals surface area contributed by atoms with Crippen molar-refractivity contribution in [2.24, 2.45) is 0 Å². The van der Waals surface area contributed by atoms with E-state index in [2.05, 4.69) is 87.2 Å². The third kappa shape index (κ3) is 5.47. The summed E-state index contributed by atoms with van der Waals surface area (Å²) in [5, 5.41) is 2.68. The number of carbonyl (C=O) groups excluding carboxylic acids is 1. The number of hydrogen-bond donors (Lipinski definition) is 0. The van der Waals surface area contributed by atoms with Crippen molar-refractivity contribution in [3.8, 4) is 0 Å². The second kappa shape index (κ2) is 10.4. The SMILES string of the molecule is CCN(CC)C(=O)CCC(C)O[Si](c1ccccc1)(c1ccccc1)[Si](C)(C)C. The highest BCUT2D eigenvalue weighted by Gasteiger charge is 2.51. The lowest BCUT2D eigenvalue weighted by atomic mass is 10.2. The molecular weight excluding hydrogens is 390 g/mol. The van der Waals surface area contributed by atoms with Crippen LogP contribution in [0.1, 0.15) is 33.6 Å². The zero-order valence-corrected chi connectivity index (χ0v) is 20.9. The van der Waals surface area contributed by atoms with Crippen LogP contribution in [0.4, 0.5) is 0 Å². The Morgan fingerprint density at radius 3 is 1.72 bits per heavy atom. The fraction of sp³-hybridized carbons (Fsp3) is 0.458. The van der Waals surface area contributed by atoms with Gasteiger partial charge in [-0.3, -0.25) is 4.79 Å². The third-order valence-electron chi connectivity index (χ3n) is 5.68. The van der Waals surface area contributed by atoms with E-state index < -0.39 is 15.4 Å². The molecule has 0 aliphatic rings. The Balaban J connectivity index is 2.37. The van der Waals surface area contributed by atoms with E-state index in [9.17, 15) is 4.79 Å². The molecule has 0 aromatic heterocycles. The van der Waals surface area contributed by atoms with Gasteiger partial charge in [-0.15, -0.1) is 0 Å². The second-order valence-electron chi connectivity index (χ2n) is 8.70. The molecule has 0 bridgehead atoms. The van der Waals surface area contributed by atoms with Crippen molar-refractivity contribution in [1.82, 2.24) is 4.90 Å². The first-order chi connectivity index (χ1) is 13.8. The topological polar surface area (TPSA) is 29.5 Å². The molecule has 2 aromatic rings. The van der Waals surface area contributed by atoms with E-state index in [1.807, 2.05) is 18.7 Å². The van der Waals surface area contributed by atoms with E-state index in [1.54, 1.807) is 0 Å². The Labute approximate surface area is 179 Å². The van der Waals surface area contributed by atoms with Crippen molar-refractivity contribution in [2.45, 2.75) is 59.4 Å². The van der Waals surface area contributed by atoms with Crippen LogP contribution >= 0.6 is 0 Å². The molecule has 0 N–H and O–H groups in total. The predicted molar refractivity (Wildman–Crippen MR) is 129 cm³/mol. The first-order valence-electron chi connectivity index (χ1n) is 10.8. The molecule has 5 heteroatoms. The van der Waals surface area contributed by atoms with Gasteiger partial charge in [0, 0.05) is 25.6 Å². The lowest BCUT2D eigenvalue weighted by Crippen LogP contribution is -2.75. The Hall–Kier alpha value is -1.70. The van der Waals surface area contributed by atoms with Crippen LogP contribution in [0.25, 0.3) is 0 Å². The van der Waals surface area contributed by atoms with E-state index in [1.165, 1.54) is 10.4 Å². The largest absolute Gasteiger partial charge is 0.408 e. The highest BCUT2D eigenvalue weighted by molar-refractivity contribution is 7.48. The molecule has 0 heterocycles. The molecule has 1 amide bonds. The minimum absolute atomic E-state index is 0.0355. The van der Waals surface area contributed by atoms with Gasteiger partial charge in [0.05, 0.1) is 7.59 Å². The van der Waals surface area contributed by atoms with Crippen LogP contribution < -0.4 is 10.4 Å². The molecule has 3 nitrogen and oxygen atoms in total. The number of nitrogens with zero attached hydrogens (tertiary/aromatic N) is 1. The summed E-state index contributed by atoms with van der Waals surface area (Å²) in [6.07, 6.45) is 1.34. The fourth-order valence-electron chi connectivity index (χ4n) is 4.11. The van der Waals surface area contributed by atoms with Gasteiger partial charge in [-0.1, -0.05) is 80.3 Å². The van der Waals surface area contributed by atoms with Crippen LogP contribution in [0.2, 0.25) is 19.6 Å². The van der Waals surface area contributed by atoms with Crippen molar-refractivity contribution >= 4 is 31.7 Å². The Morgan fingerprint density at radius 1 is 0.897 bits per heavy atom. The van der Waals surface area contributed by atoms with Gasteiger partial charge in [0.1, 0.15) is 0 Å². The standard InChI is InChI=1S/C24H37NO2Si2/c1-7-25(8-2)24(26)20-19-21(3)27-29(28(4,5)6,22-15-11-9-12-16-22)23-17-13-10-14-18-23/h9-18,21H,7-8,19-20H2,1-6H3. The van der Waals surface area contributed by atoms with Crippen molar-refractivity contribution < 1.29 is 9.22 Å². The molecular formula is C24H37NO2Si2. The molecule has 0 radical (unpaired) electrons. The van der Waals surface area contributed by atoms with Crippen molar-refractivity contribution in [1.29, 1.82) is 0 Å². The maximum Gasteiger partial charge on any atom is 0.240 e. The van der Waals surface area contributed by atoms with Crippen molar-refractivity contribution in [3.63, 3.8) is 0 Å². The maximum absolute atomic E-state index is 12.5. The van der Waals surface area contributed by atoms with Gasteiger partial charge in [-0.05, 0) is 37.6 Å². The lowest BCUT2D eigenvalue weighted by Gasteiger charge is -2.43. The zero-order valence-electron chi connectivity index (χ0n) is 18.9. The van der Waals surface area contributed by atoms with Gasteiger partial charge in [-0.25, -0.2) is 0 Å². The summed E-state index contributed by atoms with van der Waals surface area (Å²) < 4.78 is 7.10. The molecule has 0 saturated heterocycles. The summed E-state index contributed by atoms with van der Waals surface area (Å²) >= 11 is 0. The van der Waals surface area contributed by atoms with Gasteiger partial charge in [0.2, 0.25) is 13.7 Å². The lowest BCUT2D eigenvalue weighted by molar-refractivity contribution is -0.131. The number of carbonyl (C=O) groups is 1. The number of hydrogen-bond acceptors (Lipinski definition) is 2. The average Bonchev–Trinajstić information content (AvgIpc) is 2.71. The molecule has 158 valence electrons. The van der Waals surface area contributed by atoms with E-state index in [0.29, 0.717) is 6.42 Å². The quantitative estimate of drug-likeness (QED) is 0.531. The maximum atomic E-state index is 12.5. The predicted octanol–water partition coefficient (Wildman–Crippen LogP) is 4.22. The molecule has 0 aliphatic heterocycles. The van der Waals surface area contributed by atoms with Crippen LogP contribution in [-0.4, -0.2) is 45.4 Å². The number of benzene rings is 2. The number of amides is 1. The van der Waals surface area contributed by atoms with E-state index in [0.717, 1.165) is 19.5 Å². The van der Waals surface area contributed by atoms with Gasteiger partial charge >= 0.3 is 0 Å². The molecule has 1 atom stereocenters. The first-order valence-corrected chi connectivity index (χ1v) is 17.2. The Bertz CT molecular complexity index is 716. The minimum atomic E-state index is -2.41. The van der Waals surface area contributed by atoms with Crippen LogP contribution in [-0.2, 0) is 9.22 Å². The summed E-state index contributed by atoms with van der Waals surface area (Å²) in [5.41, 5.74) is 0. The van der Waals surface area contributed by atoms with Gasteiger partial charge < -0.3 is 9.33 Å². The highest BCUT2D eigenvalue weighted by Crippen LogP contribution is 2.24. The van der Waals surface area contributed by atoms with E-state index in [4.69, 9.17) is 4.43 Å². The zero-order chi connectivity index (χ0) is 21.5. The van der Waals surface area contributed by atoms with Gasteiger partial charge in [0.25, 0.3) is 0 Å². The monoisotopic (exact) mass is 427 g/mol. The first kappa shape index (κ1) is 23.6. The molecule has 1 unspecified atom stereocenters. The smallest absolute Gasteiger partial charge is 0.240 e. The summed E-state index contributed by atoms with van der Waals surface area (Å²) in [4.78, 5) is 14.4. The normalized spacial score (nSPS) is 13.2. The molecule has 29 heavy (non-hydrogen) atoms. The highest BCUT2D eigenvalue weighted by atomic mass is 29.3. The van der Waals surface area contributed by atoms with E-state index in [-0.39, 0.29) is 12.0 Å². The van der Waals surface area contributed by atoms with Gasteiger partial charge in [0.15, 0.2) is 0 Å². The average molecular weight is 428 g/mol. The fourth-order valence-corrected chi connectivity index (χ4v) is 16.7. The van der Waals surface area contributed by atoms with E-state index >= 15 is 0 Å². The summed E-state index contributed by atoms with van der Waals surface area (Å²) in [7, 11) is -4.17. The summed E-state index contributed by atoms with van der Waals surface area (Å²) in [5.74, 6) is 0.227. The molecule has 0 spiro atoms. The second-order valence-corrected chi connectivity index (χ2v) is 22.6. The summed E-state index contributed by atoms with van der Waals surface area (Å²) in [6.45, 7) is 15.0. The number of rotatable bonds is 10. The molecule has 0 aliphatic carbocycles. The Kier molecular flexibility index (Phi) is 8.43. The van der Waals surface area contributed by atoms with Crippen LogP contribution in [0, 0.1) is 0 Å². The van der Waals surface area contributed by atoms with Gasteiger partial charge in [-0.2, -0.15) is 0 Å². The third-order valence-corrected chi connectivity index (χ3v) is 19.3. The molecule has 0 fully saturated rings. The molecule has 0 saturated carbocycles. The summed E-state index contributed by atoms with van der Waals surface area (Å²) in [6, 6.07) is 21.6. The minimum Gasteiger partial charge on any atom is -0.408 e. The molecule has 2 rings (SSSR count). The van der Waals surface area contributed by atoms with Crippen molar-refractivity contribution in [3.05, 3.63) is 60.7 Å². The molecule has 2 aromatic carbocycles. The van der Waals surface area contributed by atoms with Crippen LogP contribution in [0.5, 0.6) is 0 Å². The van der Waals surface area contributed by atoms with Crippen LogP contribution in [0.15, 0.2) is 60.7 Å². The van der Waals surface area contributed by atoms with Crippen molar-refractivity contribution in [2.75, 3.05) is 13.1 Å². The Morgan fingerprint density at radius 2 is 1.34 bits per heavy atom.